The van der Waals surface area contributed by atoms with Crippen molar-refractivity contribution in [2.45, 2.75) is 6.92 Å². The topological polar surface area (TPSA) is 25.5 Å². The van der Waals surface area contributed by atoms with Gasteiger partial charge < -0.3 is 4.42 Å². The van der Waals surface area contributed by atoms with Crippen molar-refractivity contribution in [3.63, 3.8) is 0 Å². The van der Waals surface area contributed by atoms with Crippen molar-refractivity contribution in [3.8, 4) is 11.3 Å². The Labute approximate surface area is 155 Å². The Morgan fingerprint density at radius 3 is 2.35 bits per heavy atom. The van der Waals surface area contributed by atoms with Gasteiger partial charge >= 0.3 is 0 Å². The minimum Gasteiger partial charge on any atom is -0.456 e. The first-order chi connectivity index (χ1) is 12.6. The zero-order valence-electron chi connectivity index (χ0n) is 14.0. The lowest BCUT2D eigenvalue weighted by molar-refractivity contribution is 0.618. The van der Waals surface area contributed by atoms with Crippen LogP contribution in [0.4, 0.5) is 10.1 Å². The fourth-order valence-electron chi connectivity index (χ4n) is 2.79. The quantitative estimate of drug-likeness (QED) is 0.402. The molecule has 4 rings (SSSR count). The van der Waals surface area contributed by atoms with Crippen LogP contribution in [0.2, 0.25) is 5.02 Å². The average molecular weight is 364 g/mol. The third kappa shape index (κ3) is 3.39. The molecule has 0 fully saturated rings. The van der Waals surface area contributed by atoms with Gasteiger partial charge in [-0.3, -0.25) is 0 Å². The van der Waals surface area contributed by atoms with Crippen LogP contribution in [-0.2, 0) is 0 Å². The molecule has 0 aliphatic rings. The lowest BCUT2D eigenvalue weighted by Crippen LogP contribution is -2.03. The molecule has 26 heavy (non-hydrogen) atoms. The van der Waals surface area contributed by atoms with E-state index in [9.17, 15) is 4.39 Å². The molecule has 4 heteroatoms. The normalized spacial score (nSPS) is 11.9. The van der Waals surface area contributed by atoms with Crippen LogP contribution >= 0.6 is 11.6 Å². The molecule has 0 saturated carbocycles. The maximum Gasteiger partial charge on any atom is 0.136 e. The number of rotatable bonds is 2. The van der Waals surface area contributed by atoms with Crippen molar-refractivity contribution in [2.75, 3.05) is 0 Å². The Kier molecular flexibility index (Phi) is 4.31. The van der Waals surface area contributed by atoms with E-state index in [0.29, 0.717) is 16.5 Å². The van der Waals surface area contributed by atoms with Crippen LogP contribution in [0.3, 0.4) is 0 Å². The highest BCUT2D eigenvalue weighted by Gasteiger charge is 2.07. The summed E-state index contributed by atoms with van der Waals surface area (Å²) < 4.78 is 19.3. The van der Waals surface area contributed by atoms with Crippen molar-refractivity contribution >= 4 is 28.3 Å². The van der Waals surface area contributed by atoms with E-state index in [1.165, 1.54) is 12.1 Å². The molecule has 0 atom stereocenters. The minimum atomic E-state index is -0.283. The summed E-state index contributed by atoms with van der Waals surface area (Å²) >= 11 is 5.98. The second kappa shape index (κ2) is 6.77. The molecule has 1 heterocycles. The van der Waals surface area contributed by atoms with Crippen LogP contribution in [0, 0.1) is 12.7 Å². The number of hydrogen-bond donors (Lipinski definition) is 0. The van der Waals surface area contributed by atoms with Gasteiger partial charge in [0.25, 0.3) is 0 Å². The summed E-state index contributed by atoms with van der Waals surface area (Å²) in [7, 11) is 0. The molecule has 0 unspecified atom stereocenters. The van der Waals surface area contributed by atoms with Crippen LogP contribution in [-0.4, -0.2) is 0 Å². The van der Waals surface area contributed by atoms with Crippen LogP contribution in [0.15, 0.2) is 82.2 Å². The van der Waals surface area contributed by atoms with Gasteiger partial charge in [-0.1, -0.05) is 23.2 Å². The fraction of sp³-hybridized carbons (Fsp3) is 0.0455. The molecule has 0 aliphatic heterocycles. The molecular formula is C22H15ClFNO. The monoisotopic (exact) mass is 363 g/mol. The number of benzene rings is 3. The first-order valence-corrected chi connectivity index (χ1v) is 8.57. The Hall–Kier alpha value is -2.91. The third-order valence-corrected chi connectivity index (χ3v) is 4.36. The van der Waals surface area contributed by atoms with Crippen molar-refractivity contribution < 1.29 is 8.81 Å². The average Bonchev–Trinajstić information content (AvgIpc) is 2.64. The Morgan fingerprint density at radius 1 is 0.885 bits per heavy atom. The van der Waals surface area contributed by atoms with Gasteiger partial charge in [-0.25, -0.2) is 9.38 Å². The standard InChI is InChI=1S/C22H15ClFNO/c1-14-2-11-21-19(12-14)20(25-18-9-7-17(24)8-10-18)13-22(26-21)15-3-5-16(23)6-4-15/h2-13H,1H3. The summed E-state index contributed by atoms with van der Waals surface area (Å²) in [5, 5.41) is 2.35. The lowest BCUT2D eigenvalue weighted by Gasteiger charge is -2.06. The zero-order chi connectivity index (χ0) is 18.1. The van der Waals surface area contributed by atoms with E-state index in [4.69, 9.17) is 21.0 Å². The van der Waals surface area contributed by atoms with Gasteiger partial charge in [-0.2, -0.15) is 0 Å². The second-order valence-electron chi connectivity index (χ2n) is 6.09. The summed E-state index contributed by atoms with van der Waals surface area (Å²) in [6.45, 7) is 2.02. The predicted octanol–water partition coefficient (Wildman–Crippen LogP) is 6.43. The van der Waals surface area contributed by atoms with E-state index in [1.807, 2.05) is 55.5 Å². The van der Waals surface area contributed by atoms with E-state index in [2.05, 4.69) is 0 Å². The highest BCUT2D eigenvalue weighted by atomic mass is 35.5. The Morgan fingerprint density at radius 2 is 1.62 bits per heavy atom. The molecule has 0 amide bonds. The van der Waals surface area contributed by atoms with Gasteiger partial charge in [-0.15, -0.1) is 0 Å². The van der Waals surface area contributed by atoms with Gasteiger partial charge in [0.2, 0.25) is 0 Å². The highest BCUT2D eigenvalue weighted by molar-refractivity contribution is 6.30. The first kappa shape index (κ1) is 16.6. The molecule has 128 valence electrons. The predicted molar refractivity (Wildman–Crippen MR) is 103 cm³/mol. The van der Waals surface area contributed by atoms with Crippen molar-refractivity contribution in [2.24, 2.45) is 4.99 Å². The van der Waals surface area contributed by atoms with Crippen LogP contribution in [0.1, 0.15) is 5.56 Å². The Balaban J connectivity index is 1.98. The largest absolute Gasteiger partial charge is 0.456 e. The molecule has 4 aromatic rings. The Bertz CT molecular complexity index is 1150. The van der Waals surface area contributed by atoms with Crippen LogP contribution in [0.5, 0.6) is 0 Å². The molecule has 3 aromatic carbocycles. The molecule has 1 aromatic heterocycles. The second-order valence-corrected chi connectivity index (χ2v) is 6.53. The highest BCUT2D eigenvalue weighted by Crippen LogP contribution is 2.24. The molecule has 0 radical (unpaired) electrons. The molecule has 0 aliphatic carbocycles. The maximum absolute atomic E-state index is 13.2. The third-order valence-electron chi connectivity index (χ3n) is 4.10. The van der Waals surface area contributed by atoms with E-state index < -0.39 is 0 Å². The molecule has 0 saturated heterocycles. The molecule has 0 bridgehead atoms. The van der Waals surface area contributed by atoms with Crippen LogP contribution in [0.25, 0.3) is 22.3 Å². The van der Waals surface area contributed by atoms with E-state index >= 15 is 0 Å². The summed E-state index contributed by atoms with van der Waals surface area (Å²) in [6.07, 6.45) is 0. The lowest BCUT2D eigenvalue weighted by atomic mass is 10.1. The van der Waals surface area contributed by atoms with Crippen molar-refractivity contribution in [1.82, 2.24) is 0 Å². The minimum absolute atomic E-state index is 0.283. The smallest absolute Gasteiger partial charge is 0.136 e. The van der Waals surface area contributed by atoms with Gasteiger partial charge in [0, 0.05) is 22.0 Å². The molecule has 0 N–H and O–H groups in total. The van der Waals surface area contributed by atoms with Gasteiger partial charge in [0.1, 0.15) is 17.2 Å². The number of fused-ring (bicyclic) bond motifs is 1. The summed E-state index contributed by atoms with van der Waals surface area (Å²) in [6, 6.07) is 21.4. The maximum atomic E-state index is 13.2. The number of aryl methyl sites for hydroxylation is 1. The number of nitrogens with zero attached hydrogens (tertiary/aromatic N) is 1. The number of hydrogen-bond acceptors (Lipinski definition) is 2. The van der Waals surface area contributed by atoms with Crippen LogP contribution < -0.4 is 5.36 Å². The zero-order valence-corrected chi connectivity index (χ0v) is 14.8. The fourth-order valence-corrected chi connectivity index (χ4v) is 2.91. The summed E-state index contributed by atoms with van der Waals surface area (Å²) in [5.41, 5.74) is 3.45. The molecular weight excluding hydrogens is 349 g/mol. The molecule has 0 spiro atoms. The first-order valence-electron chi connectivity index (χ1n) is 8.19. The molecule has 2 nitrogen and oxygen atoms in total. The number of halogens is 2. The SMILES string of the molecule is Cc1ccc2oc(-c3ccc(Cl)cc3)cc(=Nc3ccc(F)cc3)c2c1. The van der Waals surface area contributed by atoms with E-state index in [1.54, 1.807) is 12.1 Å². The van der Waals surface area contributed by atoms with Crippen molar-refractivity contribution in [1.29, 1.82) is 0 Å². The summed E-state index contributed by atoms with van der Waals surface area (Å²) in [5.74, 6) is 0.411. The van der Waals surface area contributed by atoms with Gasteiger partial charge in [0.15, 0.2) is 0 Å². The van der Waals surface area contributed by atoms with E-state index in [0.717, 1.165) is 27.5 Å². The summed E-state index contributed by atoms with van der Waals surface area (Å²) in [4.78, 5) is 4.70. The van der Waals surface area contributed by atoms with E-state index in [-0.39, 0.29) is 5.82 Å². The van der Waals surface area contributed by atoms with Gasteiger partial charge in [-0.05, 0) is 67.6 Å². The van der Waals surface area contributed by atoms with Gasteiger partial charge in [0.05, 0.1) is 11.0 Å². The van der Waals surface area contributed by atoms with Crippen molar-refractivity contribution in [3.05, 3.63) is 94.6 Å².